The zero-order valence-electron chi connectivity index (χ0n) is 19.0. The first-order valence-electron chi connectivity index (χ1n) is 11.7. The lowest BCUT2D eigenvalue weighted by Crippen LogP contribution is -2.61. The first-order valence-corrected chi connectivity index (χ1v) is 13.3. The number of phosphoric acid groups is 1. The Morgan fingerprint density at radius 2 is 2.00 bits per heavy atom. The number of aliphatic hydroxyl groups is 2. The summed E-state index contributed by atoms with van der Waals surface area (Å²) in [6, 6.07) is 0. The van der Waals surface area contributed by atoms with Crippen molar-refractivity contribution in [3.05, 3.63) is 11.3 Å². The standard InChI is InChI=1S/C21H34N5O7P/c22-19(23)16-14-8-13-6-4-2-1-3-5-7-21(14,11-24-9-13)26(12-25-16)20-18(28)17(27)15(33-20)10-32-34(29,30)31/h9,12-13,15,17-18,20,27-28H,1-8,10-11H2,(H3,22,23)(H2,29,30,31). The number of hydrogen-bond acceptors (Lipinski definition) is 9. The van der Waals surface area contributed by atoms with Crippen LogP contribution >= 0.6 is 7.82 Å². The lowest BCUT2D eigenvalue weighted by Gasteiger charge is -2.49. The minimum atomic E-state index is -4.78. The topological polar surface area (TPSA) is 194 Å². The molecule has 1 saturated heterocycles. The molecule has 1 aliphatic carbocycles. The highest BCUT2D eigenvalue weighted by atomic mass is 31.2. The van der Waals surface area contributed by atoms with Gasteiger partial charge in [0, 0.05) is 6.21 Å². The lowest BCUT2D eigenvalue weighted by atomic mass is 9.77. The molecular formula is C21H34N5O7P. The maximum Gasteiger partial charge on any atom is 0.469 e. The summed E-state index contributed by atoms with van der Waals surface area (Å²) in [5, 5.41) is 29.6. The molecule has 2 bridgehead atoms. The van der Waals surface area contributed by atoms with Crippen LogP contribution in [0.5, 0.6) is 0 Å². The van der Waals surface area contributed by atoms with E-state index in [2.05, 4.69) is 9.52 Å². The first kappa shape index (κ1) is 25.4. The summed E-state index contributed by atoms with van der Waals surface area (Å²) in [7, 11) is -4.78. The number of hydrogen-bond donors (Lipinski definition) is 6. The van der Waals surface area contributed by atoms with E-state index in [1.165, 1.54) is 6.34 Å². The molecular weight excluding hydrogens is 465 g/mol. The Morgan fingerprint density at radius 1 is 1.26 bits per heavy atom. The van der Waals surface area contributed by atoms with Gasteiger partial charge < -0.3 is 35.4 Å². The number of aliphatic imine (C=N–C) groups is 2. The second-order valence-electron chi connectivity index (χ2n) is 9.52. The number of amidine groups is 1. The number of fused-ring (bicyclic) bond motifs is 1. The Hall–Kier alpha value is -1.66. The number of nitrogens with zero attached hydrogens (tertiary/aromatic N) is 3. The summed E-state index contributed by atoms with van der Waals surface area (Å²) in [5.41, 5.74) is 6.47. The van der Waals surface area contributed by atoms with Gasteiger partial charge in [-0.05, 0) is 30.8 Å². The van der Waals surface area contributed by atoms with Gasteiger partial charge in [0.15, 0.2) is 6.23 Å². The number of rotatable bonds is 5. The van der Waals surface area contributed by atoms with Crippen LogP contribution < -0.4 is 5.73 Å². The van der Waals surface area contributed by atoms with Crippen molar-refractivity contribution in [2.24, 2.45) is 21.6 Å². The summed E-state index contributed by atoms with van der Waals surface area (Å²) in [4.78, 5) is 29.0. The van der Waals surface area contributed by atoms with Crippen LogP contribution in [0.1, 0.15) is 51.4 Å². The highest BCUT2D eigenvalue weighted by Crippen LogP contribution is 2.45. The van der Waals surface area contributed by atoms with Crippen molar-refractivity contribution in [1.82, 2.24) is 4.90 Å². The van der Waals surface area contributed by atoms with E-state index in [4.69, 9.17) is 30.7 Å². The molecule has 3 heterocycles. The molecule has 0 aromatic rings. The highest BCUT2D eigenvalue weighted by molar-refractivity contribution is 7.46. The van der Waals surface area contributed by atoms with Gasteiger partial charge >= 0.3 is 7.82 Å². The largest absolute Gasteiger partial charge is 0.469 e. The lowest BCUT2D eigenvalue weighted by molar-refractivity contribution is -0.0960. The molecule has 6 atom stereocenters. The monoisotopic (exact) mass is 499 g/mol. The molecule has 0 aromatic carbocycles. The van der Waals surface area contributed by atoms with Crippen molar-refractivity contribution in [2.45, 2.75) is 81.4 Å². The van der Waals surface area contributed by atoms with Gasteiger partial charge in [-0.3, -0.25) is 14.9 Å². The Bertz CT molecular complexity index is 921. The Morgan fingerprint density at radius 3 is 2.74 bits per heavy atom. The number of aliphatic hydroxyl groups excluding tert-OH is 2. The van der Waals surface area contributed by atoms with Crippen LogP contribution in [0.3, 0.4) is 0 Å². The van der Waals surface area contributed by atoms with Crippen molar-refractivity contribution < 1.29 is 33.8 Å². The fourth-order valence-electron chi connectivity index (χ4n) is 5.51. The minimum Gasteiger partial charge on any atom is -0.387 e. The molecule has 34 heavy (non-hydrogen) atoms. The Labute approximate surface area is 198 Å². The summed E-state index contributed by atoms with van der Waals surface area (Å²) in [6.07, 6.45) is 6.00. The van der Waals surface area contributed by atoms with Crippen LogP contribution in [-0.4, -0.2) is 86.5 Å². The molecule has 1 saturated carbocycles. The van der Waals surface area contributed by atoms with Crippen LogP contribution in [0.15, 0.2) is 21.3 Å². The molecule has 3 aliphatic heterocycles. The van der Waals surface area contributed by atoms with Gasteiger partial charge in [0.05, 0.1) is 25.0 Å². The molecule has 190 valence electrons. The second kappa shape index (κ2) is 10.1. The molecule has 4 aliphatic rings. The highest BCUT2D eigenvalue weighted by Gasteiger charge is 2.54. The fraction of sp³-hybridized carbons (Fsp3) is 0.762. The summed E-state index contributed by atoms with van der Waals surface area (Å²) >= 11 is 0. The van der Waals surface area contributed by atoms with Crippen molar-refractivity contribution >= 4 is 26.2 Å². The van der Waals surface area contributed by atoms with E-state index in [1.54, 1.807) is 4.90 Å². The molecule has 4 rings (SSSR count). The zero-order valence-corrected chi connectivity index (χ0v) is 19.9. The van der Waals surface area contributed by atoms with Gasteiger partial charge in [-0.15, -0.1) is 0 Å². The number of nitrogens with one attached hydrogen (secondary N) is 1. The molecule has 0 amide bonds. The third kappa shape index (κ3) is 5.13. The van der Waals surface area contributed by atoms with Gasteiger partial charge in [0.1, 0.15) is 29.8 Å². The van der Waals surface area contributed by atoms with Gasteiger partial charge in [-0.25, -0.2) is 9.56 Å². The number of phosphoric ester groups is 1. The van der Waals surface area contributed by atoms with E-state index in [1.807, 2.05) is 6.21 Å². The molecule has 0 spiro atoms. The quantitative estimate of drug-likeness (QED) is 0.179. The van der Waals surface area contributed by atoms with Crippen LogP contribution in [0.25, 0.3) is 0 Å². The van der Waals surface area contributed by atoms with Crippen LogP contribution in [0, 0.1) is 11.3 Å². The molecule has 2 fully saturated rings. The van der Waals surface area contributed by atoms with Crippen molar-refractivity contribution in [3.8, 4) is 0 Å². The van der Waals surface area contributed by atoms with Crippen molar-refractivity contribution in [3.63, 3.8) is 0 Å². The number of ether oxygens (including phenoxy) is 1. The van der Waals surface area contributed by atoms with Crippen LogP contribution in [0.2, 0.25) is 0 Å². The number of nitrogens with two attached hydrogens (primary N) is 1. The maximum absolute atomic E-state index is 11.1. The van der Waals surface area contributed by atoms with Crippen LogP contribution in [0.4, 0.5) is 0 Å². The molecule has 7 N–H and O–H groups in total. The molecule has 6 unspecified atom stereocenters. The van der Waals surface area contributed by atoms with E-state index >= 15 is 0 Å². The van der Waals surface area contributed by atoms with E-state index in [0.717, 1.165) is 44.1 Å². The van der Waals surface area contributed by atoms with Gasteiger partial charge in [0.25, 0.3) is 0 Å². The smallest absolute Gasteiger partial charge is 0.387 e. The summed E-state index contributed by atoms with van der Waals surface area (Å²) < 4.78 is 21.6. The Kier molecular flexibility index (Phi) is 7.58. The molecule has 12 nitrogen and oxygen atoms in total. The average Bonchev–Trinajstić information content (AvgIpc) is 2.93. The maximum atomic E-state index is 11.1. The second-order valence-corrected chi connectivity index (χ2v) is 10.8. The Balaban J connectivity index is 1.71. The fourth-order valence-corrected chi connectivity index (χ4v) is 5.86. The SMILES string of the molecule is N=C(N)C1=C2CC3C=NCC2(CCCCCCC3)N(C2OC(COP(=O)(O)O)C(O)C2O)C=N1. The van der Waals surface area contributed by atoms with Crippen LogP contribution in [-0.2, 0) is 13.8 Å². The average molecular weight is 500 g/mol. The van der Waals surface area contributed by atoms with Crippen molar-refractivity contribution in [2.75, 3.05) is 13.2 Å². The summed E-state index contributed by atoms with van der Waals surface area (Å²) in [5.74, 6) is 0.0514. The first-order chi connectivity index (χ1) is 16.1. The zero-order chi connectivity index (χ0) is 24.5. The third-order valence-electron chi connectivity index (χ3n) is 7.23. The minimum absolute atomic E-state index is 0.133. The van der Waals surface area contributed by atoms with E-state index in [-0.39, 0.29) is 11.8 Å². The van der Waals surface area contributed by atoms with Crippen molar-refractivity contribution in [1.29, 1.82) is 5.41 Å². The molecule has 0 aromatic heterocycles. The normalized spacial score (nSPS) is 36.8. The van der Waals surface area contributed by atoms with E-state index in [0.29, 0.717) is 25.1 Å². The van der Waals surface area contributed by atoms with E-state index in [9.17, 15) is 14.8 Å². The summed E-state index contributed by atoms with van der Waals surface area (Å²) in [6.45, 7) is -0.230. The predicted octanol–water partition coefficient (Wildman–Crippen LogP) is 0.650. The van der Waals surface area contributed by atoms with E-state index < -0.39 is 44.5 Å². The van der Waals surface area contributed by atoms with Gasteiger partial charge in [0.2, 0.25) is 0 Å². The van der Waals surface area contributed by atoms with Gasteiger partial charge in [-0.1, -0.05) is 32.1 Å². The third-order valence-corrected chi connectivity index (χ3v) is 7.71. The molecule has 0 radical (unpaired) electrons. The van der Waals surface area contributed by atoms with Gasteiger partial charge in [-0.2, -0.15) is 0 Å². The predicted molar refractivity (Wildman–Crippen MR) is 124 cm³/mol. The molecule has 13 heteroatoms.